The van der Waals surface area contributed by atoms with Crippen LogP contribution in [-0.2, 0) is 33.3 Å². The molecule has 128 valence electrons. The molecule has 0 bridgehead atoms. The van der Waals surface area contributed by atoms with Crippen molar-refractivity contribution in [3.05, 3.63) is 0 Å². The number of carbonyl (C=O) groups is 2. The standard InChI is InChI=1S/C12H21NO8S/c1-11(2,3)20-10(15)13-12(9(14)18-4)7-19-6-8(12)21-22(5,16)17/h8H,6-7H2,1-5H3,(H,13,15). The van der Waals surface area contributed by atoms with E-state index in [4.69, 9.17) is 13.7 Å². The molecule has 0 aromatic heterocycles. The van der Waals surface area contributed by atoms with Crippen molar-refractivity contribution < 1.29 is 36.4 Å². The van der Waals surface area contributed by atoms with Crippen LogP contribution in [0.1, 0.15) is 20.8 Å². The second-order valence-electron chi connectivity index (χ2n) is 5.89. The summed E-state index contributed by atoms with van der Waals surface area (Å²) in [4.78, 5) is 24.0. The van der Waals surface area contributed by atoms with E-state index in [1.807, 2.05) is 0 Å². The molecule has 0 aromatic carbocycles. The summed E-state index contributed by atoms with van der Waals surface area (Å²) in [6.45, 7) is 4.45. The van der Waals surface area contributed by atoms with Gasteiger partial charge in [0, 0.05) is 0 Å². The van der Waals surface area contributed by atoms with Crippen LogP contribution in [0.5, 0.6) is 0 Å². The zero-order valence-electron chi connectivity index (χ0n) is 13.2. The molecule has 0 aromatic rings. The maximum Gasteiger partial charge on any atom is 0.408 e. The monoisotopic (exact) mass is 339 g/mol. The van der Waals surface area contributed by atoms with Crippen molar-refractivity contribution in [2.24, 2.45) is 0 Å². The molecular weight excluding hydrogens is 318 g/mol. The quantitative estimate of drug-likeness (QED) is 0.553. The van der Waals surface area contributed by atoms with E-state index in [1.54, 1.807) is 20.8 Å². The first-order valence-corrected chi connectivity index (χ1v) is 8.27. The number of methoxy groups -OCH3 is 1. The van der Waals surface area contributed by atoms with Crippen molar-refractivity contribution in [1.29, 1.82) is 0 Å². The third kappa shape index (κ3) is 4.82. The van der Waals surface area contributed by atoms with Crippen LogP contribution >= 0.6 is 0 Å². The largest absolute Gasteiger partial charge is 0.467 e. The number of rotatable bonds is 4. The number of ether oxygens (including phenoxy) is 3. The molecule has 1 saturated heterocycles. The molecule has 22 heavy (non-hydrogen) atoms. The van der Waals surface area contributed by atoms with E-state index in [0.717, 1.165) is 13.4 Å². The summed E-state index contributed by atoms with van der Waals surface area (Å²) >= 11 is 0. The highest BCUT2D eigenvalue weighted by atomic mass is 32.2. The lowest BCUT2D eigenvalue weighted by Crippen LogP contribution is -2.63. The van der Waals surface area contributed by atoms with Gasteiger partial charge in [-0.2, -0.15) is 8.42 Å². The van der Waals surface area contributed by atoms with Gasteiger partial charge in [-0.25, -0.2) is 9.59 Å². The van der Waals surface area contributed by atoms with E-state index in [2.05, 4.69) is 10.1 Å². The maximum atomic E-state index is 12.1. The van der Waals surface area contributed by atoms with Crippen LogP contribution in [0.2, 0.25) is 0 Å². The number of amides is 1. The van der Waals surface area contributed by atoms with Crippen molar-refractivity contribution in [3.8, 4) is 0 Å². The van der Waals surface area contributed by atoms with Crippen molar-refractivity contribution in [2.75, 3.05) is 26.6 Å². The molecule has 0 aliphatic carbocycles. The third-order valence-corrected chi connectivity index (χ3v) is 3.30. The van der Waals surface area contributed by atoms with Crippen LogP contribution in [0.3, 0.4) is 0 Å². The first-order chi connectivity index (χ1) is 9.89. The number of esters is 1. The van der Waals surface area contributed by atoms with E-state index in [9.17, 15) is 18.0 Å². The summed E-state index contributed by atoms with van der Waals surface area (Å²) in [6.07, 6.45) is -1.33. The lowest BCUT2D eigenvalue weighted by Gasteiger charge is -2.31. The van der Waals surface area contributed by atoms with E-state index in [1.165, 1.54) is 0 Å². The predicted molar refractivity (Wildman–Crippen MR) is 74.7 cm³/mol. The lowest BCUT2D eigenvalue weighted by molar-refractivity contribution is -0.151. The zero-order chi connectivity index (χ0) is 17.2. The highest BCUT2D eigenvalue weighted by molar-refractivity contribution is 7.86. The molecule has 2 unspecified atom stereocenters. The summed E-state index contributed by atoms with van der Waals surface area (Å²) in [5.41, 5.74) is -2.59. The molecule has 0 radical (unpaired) electrons. The fourth-order valence-electron chi connectivity index (χ4n) is 1.91. The zero-order valence-corrected chi connectivity index (χ0v) is 14.0. The average Bonchev–Trinajstić information content (AvgIpc) is 2.67. The molecule has 1 rings (SSSR count). The molecule has 0 saturated carbocycles. The Kier molecular flexibility index (Phi) is 5.42. The minimum atomic E-state index is -3.87. The molecule has 1 heterocycles. The van der Waals surface area contributed by atoms with Crippen molar-refractivity contribution in [2.45, 2.75) is 38.0 Å². The van der Waals surface area contributed by atoms with Gasteiger partial charge in [-0.3, -0.25) is 4.18 Å². The second-order valence-corrected chi connectivity index (χ2v) is 7.49. The molecule has 0 spiro atoms. The van der Waals surface area contributed by atoms with Gasteiger partial charge in [0.05, 0.1) is 26.6 Å². The van der Waals surface area contributed by atoms with Gasteiger partial charge in [-0.15, -0.1) is 0 Å². The fraction of sp³-hybridized carbons (Fsp3) is 0.833. The molecule has 1 aliphatic heterocycles. The fourth-order valence-corrected chi connectivity index (χ4v) is 2.55. The van der Waals surface area contributed by atoms with E-state index in [-0.39, 0.29) is 13.2 Å². The molecule has 2 atom stereocenters. The number of nitrogens with one attached hydrogen (secondary N) is 1. The average molecular weight is 339 g/mol. The van der Waals surface area contributed by atoms with Gasteiger partial charge < -0.3 is 19.5 Å². The van der Waals surface area contributed by atoms with Crippen LogP contribution in [0.15, 0.2) is 0 Å². The van der Waals surface area contributed by atoms with Gasteiger partial charge in [-0.1, -0.05) is 0 Å². The van der Waals surface area contributed by atoms with Gasteiger partial charge in [0.2, 0.25) is 0 Å². The summed E-state index contributed by atoms with van der Waals surface area (Å²) in [5, 5.41) is 2.32. The summed E-state index contributed by atoms with van der Waals surface area (Å²) in [7, 11) is -2.76. The number of hydrogen-bond acceptors (Lipinski definition) is 8. The van der Waals surface area contributed by atoms with Crippen molar-refractivity contribution in [3.63, 3.8) is 0 Å². The van der Waals surface area contributed by atoms with Gasteiger partial charge in [0.15, 0.2) is 5.54 Å². The normalized spacial score (nSPS) is 25.6. The summed E-state index contributed by atoms with van der Waals surface area (Å²) in [6, 6.07) is 0. The predicted octanol–water partition coefficient (Wildman–Crippen LogP) is -0.202. The molecule has 1 amide bonds. The summed E-state index contributed by atoms with van der Waals surface area (Å²) in [5.74, 6) is -0.885. The van der Waals surface area contributed by atoms with E-state index in [0.29, 0.717) is 0 Å². The highest BCUT2D eigenvalue weighted by Crippen LogP contribution is 2.26. The topological polar surface area (TPSA) is 117 Å². The first kappa shape index (κ1) is 18.7. The van der Waals surface area contributed by atoms with Crippen LogP contribution in [0.25, 0.3) is 0 Å². The number of carbonyl (C=O) groups excluding carboxylic acids is 2. The Hall–Kier alpha value is -1.39. The SMILES string of the molecule is COC(=O)C1(NC(=O)OC(C)(C)C)COCC1OS(C)(=O)=O. The second kappa shape index (κ2) is 6.39. The van der Waals surface area contributed by atoms with Gasteiger partial charge in [-0.05, 0) is 20.8 Å². The Labute approximate surface area is 129 Å². The van der Waals surface area contributed by atoms with Crippen LogP contribution in [-0.4, -0.2) is 64.3 Å². The number of alkyl carbamates (subject to hydrolysis) is 1. The third-order valence-electron chi connectivity index (χ3n) is 2.71. The van der Waals surface area contributed by atoms with Crippen molar-refractivity contribution >= 4 is 22.2 Å². The minimum absolute atomic E-state index is 0.196. The lowest BCUT2D eigenvalue weighted by atomic mass is 9.96. The Bertz CT molecular complexity index is 538. The minimum Gasteiger partial charge on any atom is -0.467 e. The van der Waals surface area contributed by atoms with Gasteiger partial charge in [0.1, 0.15) is 11.7 Å². The van der Waals surface area contributed by atoms with E-state index < -0.39 is 39.4 Å². The van der Waals surface area contributed by atoms with Gasteiger partial charge in [0.25, 0.3) is 10.1 Å². The highest BCUT2D eigenvalue weighted by Gasteiger charge is 2.55. The first-order valence-electron chi connectivity index (χ1n) is 6.45. The maximum absolute atomic E-state index is 12.1. The molecule has 1 N–H and O–H groups in total. The molecule has 1 fully saturated rings. The Balaban J connectivity index is 3.04. The molecule has 9 nitrogen and oxygen atoms in total. The van der Waals surface area contributed by atoms with Crippen LogP contribution in [0, 0.1) is 0 Å². The van der Waals surface area contributed by atoms with Crippen LogP contribution < -0.4 is 5.32 Å². The smallest absolute Gasteiger partial charge is 0.408 e. The number of hydrogen-bond donors (Lipinski definition) is 1. The van der Waals surface area contributed by atoms with Crippen molar-refractivity contribution in [1.82, 2.24) is 5.32 Å². The molecule has 10 heteroatoms. The Morgan fingerprint density at radius 1 is 1.32 bits per heavy atom. The summed E-state index contributed by atoms with van der Waals surface area (Å²) < 4.78 is 42.3. The Morgan fingerprint density at radius 2 is 1.91 bits per heavy atom. The van der Waals surface area contributed by atoms with Gasteiger partial charge >= 0.3 is 12.1 Å². The van der Waals surface area contributed by atoms with Crippen LogP contribution in [0.4, 0.5) is 4.79 Å². The molecule has 1 aliphatic rings. The Morgan fingerprint density at radius 3 is 2.36 bits per heavy atom. The van der Waals surface area contributed by atoms with E-state index >= 15 is 0 Å². The molecular formula is C12H21NO8S.